The van der Waals surface area contributed by atoms with Crippen LogP contribution in [-0.2, 0) is 6.42 Å². The van der Waals surface area contributed by atoms with Gasteiger partial charge >= 0.3 is 0 Å². The van der Waals surface area contributed by atoms with E-state index in [0.717, 1.165) is 23.3 Å². The maximum absolute atomic E-state index is 14.3. The minimum atomic E-state index is -1.04. The third-order valence-electron chi connectivity index (χ3n) is 3.97. The lowest BCUT2D eigenvalue weighted by molar-refractivity contribution is 0.342. The van der Waals surface area contributed by atoms with Gasteiger partial charge in [0.2, 0.25) is 0 Å². The van der Waals surface area contributed by atoms with Crippen LogP contribution in [0.4, 0.5) is 13.2 Å². The summed E-state index contributed by atoms with van der Waals surface area (Å²) >= 11 is 0. The zero-order valence-electron chi connectivity index (χ0n) is 13.5. The van der Waals surface area contributed by atoms with Gasteiger partial charge in [0, 0.05) is 6.42 Å². The van der Waals surface area contributed by atoms with Crippen LogP contribution >= 0.6 is 0 Å². The Hall–Kier alpha value is -2.81. The van der Waals surface area contributed by atoms with Crippen molar-refractivity contribution in [2.75, 3.05) is 0 Å². The first-order valence-electron chi connectivity index (χ1n) is 8.03. The first-order valence-corrected chi connectivity index (χ1v) is 8.03. The lowest BCUT2D eigenvalue weighted by Crippen LogP contribution is -1.96. The Labute approximate surface area is 145 Å². The fraction of sp³-hybridized carbons (Fsp3) is 0.0909. The summed E-state index contributed by atoms with van der Waals surface area (Å²) in [6.45, 7) is 0. The van der Waals surface area contributed by atoms with Crippen LogP contribution in [0.15, 0.2) is 72.8 Å². The van der Waals surface area contributed by atoms with Gasteiger partial charge in [-0.3, -0.25) is 0 Å². The number of halogens is 3. The highest BCUT2D eigenvalue weighted by Gasteiger charge is 2.09. The number of hydrogen-bond donors (Lipinski definition) is 0. The van der Waals surface area contributed by atoms with E-state index in [4.69, 9.17) is 0 Å². The summed E-state index contributed by atoms with van der Waals surface area (Å²) in [5.41, 5.74) is 3.06. The van der Waals surface area contributed by atoms with Crippen LogP contribution in [0.2, 0.25) is 0 Å². The standard InChI is InChI=1S/C22H17F3/c23-20-13-12-18(15-22(20)25)11-8-16-6-9-17(10-7-16)14-21(24)19-4-2-1-3-5-19/h1-13,15,21H,14H2/b11-8+. The molecule has 0 saturated carbocycles. The molecule has 3 aromatic carbocycles. The molecule has 3 heteroatoms. The second-order valence-corrected chi connectivity index (χ2v) is 5.83. The van der Waals surface area contributed by atoms with E-state index in [0.29, 0.717) is 17.5 Å². The lowest BCUT2D eigenvalue weighted by Gasteiger charge is -2.08. The largest absolute Gasteiger partial charge is 0.242 e. The predicted octanol–water partition coefficient (Wildman–Crippen LogP) is 6.39. The zero-order valence-corrected chi connectivity index (χ0v) is 13.5. The van der Waals surface area contributed by atoms with Gasteiger partial charge in [0.15, 0.2) is 11.6 Å². The van der Waals surface area contributed by atoms with Crippen molar-refractivity contribution in [3.63, 3.8) is 0 Å². The molecule has 3 rings (SSSR count). The summed E-state index contributed by atoms with van der Waals surface area (Å²) < 4.78 is 40.4. The molecule has 0 fully saturated rings. The average Bonchev–Trinajstić information content (AvgIpc) is 2.64. The highest BCUT2D eigenvalue weighted by Crippen LogP contribution is 2.22. The third-order valence-corrected chi connectivity index (χ3v) is 3.97. The fourth-order valence-corrected chi connectivity index (χ4v) is 2.56. The van der Waals surface area contributed by atoms with Gasteiger partial charge in [0.25, 0.3) is 0 Å². The molecule has 126 valence electrons. The van der Waals surface area contributed by atoms with E-state index in [1.807, 2.05) is 42.5 Å². The first-order chi connectivity index (χ1) is 12.1. The smallest absolute Gasteiger partial charge is 0.159 e. The number of benzene rings is 3. The molecular weight excluding hydrogens is 321 g/mol. The predicted molar refractivity (Wildman–Crippen MR) is 95.7 cm³/mol. The Morgan fingerprint density at radius 2 is 1.36 bits per heavy atom. The van der Waals surface area contributed by atoms with Crippen LogP contribution in [0.25, 0.3) is 12.2 Å². The van der Waals surface area contributed by atoms with Crippen LogP contribution in [0.3, 0.4) is 0 Å². The molecule has 0 saturated heterocycles. The molecule has 0 N–H and O–H groups in total. The summed E-state index contributed by atoms with van der Waals surface area (Å²) in [4.78, 5) is 0. The fourth-order valence-electron chi connectivity index (χ4n) is 2.56. The second kappa shape index (κ2) is 7.84. The van der Waals surface area contributed by atoms with Crippen molar-refractivity contribution in [2.45, 2.75) is 12.6 Å². The molecule has 3 aromatic rings. The second-order valence-electron chi connectivity index (χ2n) is 5.83. The van der Waals surface area contributed by atoms with Crippen LogP contribution in [0.5, 0.6) is 0 Å². The van der Waals surface area contributed by atoms with E-state index in [1.54, 1.807) is 24.3 Å². The van der Waals surface area contributed by atoms with Crippen LogP contribution in [-0.4, -0.2) is 0 Å². The monoisotopic (exact) mass is 338 g/mol. The molecule has 0 bridgehead atoms. The van der Waals surface area contributed by atoms with Gasteiger partial charge in [-0.1, -0.05) is 72.8 Å². The molecular formula is C22H17F3. The number of hydrogen-bond acceptors (Lipinski definition) is 0. The van der Waals surface area contributed by atoms with Crippen molar-refractivity contribution in [3.05, 3.63) is 107 Å². The summed E-state index contributed by atoms with van der Waals surface area (Å²) in [6.07, 6.45) is 2.79. The van der Waals surface area contributed by atoms with Crippen molar-refractivity contribution in [2.24, 2.45) is 0 Å². The normalized spacial score (nSPS) is 12.4. The van der Waals surface area contributed by atoms with E-state index in [1.165, 1.54) is 6.07 Å². The average molecular weight is 338 g/mol. The van der Waals surface area contributed by atoms with Gasteiger partial charge in [0.05, 0.1) is 0 Å². The van der Waals surface area contributed by atoms with Gasteiger partial charge in [-0.2, -0.15) is 0 Å². The summed E-state index contributed by atoms with van der Waals surface area (Å²) in [5.74, 6) is -1.73. The Morgan fingerprint density at radius 1 is 0.720 bits per heavy atom. The number of rotatable bonds is 5. The van der Waals surface area contributed by atoms with Crippen molar-refractivity contribution >= 4 is 12.2 Å². The topological polar surface area (TPSA) is 0 Å². The Balaban J connectivity index is 1.65. The molecule has 0 radical (unpaired) electrons. The zero-order chi connectivity index (χ0) is 17.6. The summed E-state index contributed by atoms with van der Waals surface area (Å²) in [7, 11) is 0. The highest BCUT2D eigenvalue weighted by atomic mass is 19.2. The van der Waals surface area contributed by atoms with E-state index < -0.39 is 17.8 Å². The minimum absolute atomic E-state index is 0.317. The van der Waals surface area contributed by atoms with E-state index >= 15 is 0 Å². The van der Waals surface area contributed by atoms with E-state index in [9.17, 15) is 13.2 Å². The van der Waals surface area contributed by atoms with Crippen molar-refractivity contribution < 1.29 is 13.2 Å². The Bertz CT molecular complexity index is 852. The lowest BCUT2D eigenvalue weighted by atomic mass is 10.0. The summed E-state index contributed by atoms with van der Waals surface area (Å²) in [6, 6.07) is 20.3. The molecule has 0 heterocycles. The molecule has 1 atom stereocenters. The maximum atomic E-state index is 14.3. The molecule has 25 heavy (non-hydrogen) atoms. The molecule has 0 aliphatic heterocycles. The van der Waals surface area contributed by atoms with Crippen molar-refractivity contribution in [1.29, 1.82) is 0 Å². The van der Waals surface area contributed by atoms with Crippen LogP contribution < -0.4 is 0 Å². The summed E-state index contributed by atoms with van der Waals surface area (Å²) in [5, 5.41) is 0. The molecule has 0 spiro atoms. The van der Waals surface area contributed by atoms with Crippen LogP contribution in [0.1, 0.15) is 28.4 Å². The highest BCUT2D eigenvalue weighted by molar-refractivity contribution is 5.69. The van der Waals surface area contributed by atoms with E-state index in [2.05, 4.69) is 0 Å². The third kappa shape index (κ3) is 4.60. The van der Waals surface area contributed by atoms with Gasteiger partial charge in [-0.25, -0.2) is 13.2 Å². The SMILES string of the molecule is Fc1ccc(/C=C/c2ccc(CC(F)c3ccccc3)cc2)cc1F. The molecule has 0 amide bonds. The van der Waals surface area contributed by atoms with Crippen molar-refractivity contribution in [3.8, 4) is 0 Å². The van der Waals surface area contributed by atoms with Gasteiger partial charge in [-0.15, -0.1) is 0 Å². The molecule has 0 aliphatic rings. The Kier molecular flexibility index (Phi) is 5.34. The quantitative estimate of drug-likeness (QED) is 0.473. The van der Waals surface area contributed by atoms with Gasteiger partial charge in [0.1, 0.15) is 6.17 Å². The minimum Gasteiger partial charge on any atom is -0.242 e. The van der Waals surface area contributed by atoms with Gasteiger partial charge < -0.3 is 0 Å². The molecule has 0 aliphatic carbocycles. The first kappa shape index (κ1) is 17.0. The van der Waals surface area contributed by atoms with E-state index in [-0.39, 0.29) is 0 Å². The van der Waals surface area contributed by atoms with Crippen molar-refractivity contribution in [1.82, 2.24) is 0 Å². The molecule has 0 aromatic heterocycles. The number of alkyl halides is 1. The molecule has 0 nitrogen and oxygen atoms in total. The van der Waals surface area contributed by atoms with Gasteiger partial charge in [-0.05, 0) is 34.4 Å². The maximum Gasteiger partial charge on any atom is 0.159 e. The molecule has 1 unspecified atom stereocenters. The van der Waals surface area contributed by atoms with Crippen LogP contribution in [0, 0.1) is 11.6 Å². The Morgan fingerprint density at radius 3 is 2.04 bits per heavy atom.